The van der Waals surface area contributed by atoms with E-state index in [2.05, 4.69) is 40.5 Å². The van der Waals surface area contributed by atoms with Crippen molar-refractivity contribution in [2.75, 3.05) is 18.9 Å². The lowest BCUT2D eigenvalue weighted by Gasteiger charge is -2.17. The highest BCUT2D eigenvalue weighted by atomic mass is 16.1. The van der Waals surface area contributed by atoms with Crippen molar-refractivity contribution in [3.05, 3.63) is 77.9 Å². The molecule has 4 heteroatoms. The second-order valence-electron chi connectivity index (χ2n) is 6.85. The second-order valence-corrected chi connectivity index (χ2v) is 6.85. The molecule has 0 aliphatic heterocycles. The molecule has 0 aliphatic carbocycles. The van der Waals surface area contributed by atoms with Crippen LogP contribution in [0.5, 0.6) is 0 Å². The largest absolute Gasteiger partial charge is 0.326 e. The van der Waals surface area contributed by atoms with Crippen molar-refractivity contribution in [3.8, 4) is 0 Å². The summed E-state index contributed by atoms with van der Waals surface area (Å²) in [4.78, 5) is 25.6. The number of carbonyl (C=O) groups is 2. The number of hydrogen-bond donors (Lipinski definition) is 1. The molecule has 0 radical (unpaired) electrons. The molecule has 4 nitrogen and oxygen atoms in total. The van der Waals surface area contributed by atoms with Crippen LogP contribution in [0.15, 0.2) is 66.7 Å². The smallest absolute Gasteiger partial charge is 0.225 e. The molecule has 0 fully saturated rings. The number of fused-ring (bicyclic) bond motifs is 1. The Balaban J connectivity index is 1.49. The number of Topliss-reactive ketones (excluding diaryl/α,β-unsaturated/α-hetero) is 1. The number of hydrogen-bond acceptors (Lipinski definition) is 3. The number of ketones is 1. The zero-order valence-electron chi connectivity index (χ0n) is 15.7. The maximum atomic E-state index is 12.2. The van der Waals surface area contributed by atoms with Gasteiger partial charge in [-0.15, -0.1) is 0 Å². The second kappa shape index (κ2) is 8.60. The summed E-state index contributed by atoms with van der Waals surface area (Å²) in [6, 6.07) is 21.7. The van der Waals surface area contributed by atoms with E-state index in [-0.39, 0.29) is 11.7 Å². The van der Waals surface area contributed by atoms with Crippen molar-refractivity contribution in [1.82, 2.24) is 4.90 Å². The number of amides is 1. The fraction of sp³-hybridized carbons (Fsp3) is 0.217. The minimum absolute atomic E-state index is 0.0168. The quantitative estimate of drug-likeness (QED) is 0.631. The first-order valence-electron chi connectivity index (χ1n) is 9.08. The van der Waals surface area contributed by atoms with Crippen LogP contribution >= 0.6 is 0 Å². The Morgan fingerprint density at radius 1 is 0.926 bits per heavy atom. The van der Waals surface area contributed by atoms with Gasteiger partial charge < -0.3 is 10.2 Å². The zero-order chi connectivity index (χ0) is 19.2. The summed E-state index contributed by atoms with van der Waals surface area (Å²) in [5.41, 5.74) is 2.58. The first-order valence-corrected chi connectivity index (χ1v) is 9.08. The number of carbonyl (C=O) groups excluding carboxylic acids is 2. The van der Waals surface area contributed by atoms with Crippen LogP contribution in [0.4, 0.5) is 5.69 Å². The highest BCUT2D eigenvalue weighted by molar-refractivity contribution is 5.95. The van der Waals surface area contributed by atoms with Crippen LogP contribution in [0.3, 0.4) is 0 Å². The van der Waals surface area contributed by atoms with Crippen molar-refractivity contribution in [2.45, 2.75) is 19.9 Å². The van der Waals surface area contributed by atoms with E-state index in [1.54, 1.807) is 24.3 Å². The molecular weight excluding hydrogens is 336 g/mol. The van der Waals surface area contributed by atoms with Crippen LogP contribution in [-0.4, -0.2) is 30.2 Å². The van der Waals surface area contributed by atoms with E-state index in [9.17, 15) is 9.59 Å². The summed E-state index contributed by atoms with van der Waals surface area (Å²) in [5, 5.41) is 5.34. The van der Waals surface area contributed by atoms with Gasteiger partial charge in [0.25, 0.3) is 0 Å². The third kappa shape index (κ3) is 5.25. The monoisotopic (exact) mass is 360 g/mol. The molecular formula is C23H24N2O2. The maximum Gasteiger partial charge on any atom is 0.225 e. The van der Waals surface area contributed by atoms with Crippen LogP contribution < -0.4 is 5.32 Å². The summed E-state index contributed by atoms with van der Waals surface area (Å²) in [5.74, 6) is -0.0147. The highest BCUT2D eigenvalue weighted by Gasteiger charge is 2.07. The maximum absolute atomic E-state index is 12.2. The topological polar surface area (TPSA) is 49.4 Å². The third-order valence-electron chi connectivity index (χ3n) is 4.56. The van der Waals surface area contributed by atoms with E-state index >= 15 is 0 Å². The Morgan fingerprint density at radius 3 is 2.33 bits per heavy atom. The minimum atomic E-state index is -0.0315. The molecule has 0 saturated heterocycles. The van der Waals surface area contributed by atoms with E-state index in [0.29, 0.717) is 24.2 Å². The number of nitrogens with one attached hydrogen (secondary N) is 1. The molecule has 0 atom stereocenters. The molecule has 3 aromatic rings. The molecule has 0 aliphatic rings. The van der Waals surface area contributed by atoms with E-state index in [4.69, 9.17) is 0 Å². The molecule has 0 heterocycles. The zero-order valence-corrected chi connectivity index (χ0v) is 15.7. The predicted molar refractivity (Wildman–Crippen MR) is 110 cm³/mol. The van der Waals surface area contributed by atoms with Gasteiger partial charge in [0.15, 0.2) is 5.78 Å². The molecule has 0 aromatic heterocycles. The fourth-order valence-corrected chi connectivity index (χ4v) is 3.03. The van der Waals surface area contributed by atoms with Gasteiger partial charge in [-0.05, 0) is 60.6 Å². The molecule has 138 valence electrons. The van der Waals surface area contributed by atoms with Crippen molar-refractivity contribution in [2.24, 2.45) is 0 Å². The van der Waals surface area contributed by atoms with Crippen molar-refractivity contribution < 1.29 is 9.59 Å². The first-order chi connectivity index (χ1) is 13.0. The van der Waals surface area contributed by atoms with Gasteiger partial charge >= 0.3 is 0 Å². The third-order valence-corrected chi connectivity index (χ3v) is 4.56. The Hall–Kier alpha value is -2.98. The minimum Gasteiger partial charge on any atom is -0.326 e. The molecule has 0 unspecified atom stereocenters. The van der Waals surface area contributed by atoms with Crippen molar-refractivity contribution in [3.63, 3.8) is 0 Å². The lowest BCUT2D eigenvalue weighted by molar-refractivity contribution is -0.116. The average molecular weight is 360 g/mol. The van der Waals surface area contributed by atoms with E-state index in [0.717, 1.165) is 6.54 Å². The van der Waals surface area contributed by atoms with Crippen LogP contribution in [0.1, 0.15) is 29.3 Å². The average Bonchev–Trinajstić information content (AvgIpc) is 2.67. The van der Waals surface area contributed by atoms with Crippen LogP contribution in [-0.2, 0) is 11.3 Å². The van der Waals surface area contributed by atoms with Gasteiger partial charge in [0.2, 0.25) is 5.91 Å². The number of nitrogens with zero attached hydrogens (tertiary/aromatic N) is 1. The van der Waals surface area contributed by atoms with E-state index in [1.165, 1.54) is 23.3 Å². The van der Waals surface area contributed by atoms with Gasteiger partial charge in [-0.3, -0.25) is 9.59 Å². The first kappa shape index (κ1) is 18.8. The normalized spacial score (nSPS) is 10.9. The molecule has 3 rings (SSSR count). The number of benzene rings is 3. The van der Waals surface area contributed by atoms with E-state index in [1.807, 2.05) is 19.2 Å². The van der Waals surface area contributed by atoms with Gasteiger partial charge in [0.1, 0.15) is 0 Å². The molecule has 0 spiro atoms. The Bertz CT molecular complexity index is 948. The molecule has 0 bridgehead atoms. The van der Waals surface area contributed by atoms with Crippen LogP contribution in [0.2, 0.25) is 0 Å². The van der Waals surface area contributed by atoms with Gasteiger partial charge in [-0.2, -0.15) is 0 Å². The summed E-state index contributed by atoms with van der Waals surface area (Å²) >= 11 is 0. The van der Waals surface area contributed by atoms with Gasteiger partial charge in [0.05, 0.1) is 0 Å². The van der Waals surface area contributed by atoms with Crippen molar-refractivity contribution >= 4 is 28.2 Å². The van der Waals surface area contributed by atoms with Gasteiger partial charge in [-0.1, -0.05) is 36.4 Å². The fourth-order valence-electron chi connectivity index (χ4n) is 3.03. The predicted octanol–water partition coefficient (Wildman–Crippen LogP) is 4.50. The Morgan fingerprint density at radius 2 is 1.63 bits per heavy atom. The van der Waals surface area contributed by atoms with Gasteiger partial charge in [-0.25, -0.2) is 0 Å². The van der Waals surface area contributed by atoms with Crippen LogP contribution in [0.25, 0.3) is 10.8 Å². The van der Waals surface area contributed by atoms with Crippen LogP contribution in [0, 0.1) is 0 Å². The summed E-state index contributed by atoms with van der Waals surface area (Å²) in [7, 11) is 2.02. The standard InChI is InChI=1S/C23H24N2O2/c1-17(26)19-9-11-22(12-10-19)24-23(27)13-14-25(2)16-18-7-8-20-5-3-4-6-21(20)15-18/h3-12,15H,13-14,16H2,1-2H3,(H,24,27). The van der Waals surface area contributed by atoms with Gasteiger partial charge in [0, 0.05) is 30.8 Å². The molecule has 1 N–H and O–H groups in total. The summed E-state index contributed by atoms with van der Waals surface area (Å²) in [6.07, 6.45) is 0.415. The lowest BCUT2D eigenvalue weighted by atomic mass is 10.1. The molecule has 0 saturated carbocycles. The number of rotatable bonds is 7. The molecule has 27 heavy (non-hydrogen) atoms. The molecule has 1 amide bonds. The van der Waals surface area contributed by atoms with Crippen molar-refractivity contribution in [1.29, 1.82) is 0 Å². The number of anilines is 1. The Kier molecular flexibility index (Phi) is 5.99. The summed E-state index contributed by atoms with van der Waals surface area (Å²) < 4.78 is 0. The molecule has 3 aromatic carbocycles. The highest BCUT2D eigenvalue weighted by Crippen LogP contribution is 2.16. The summed E-state index contributed by atoms with van der Waals surface area (Å²) in [6.45, 7) is 2.99. The SMILES string of the molecule is CC(=O)c1ccc(NC(=O)CCN(C)Cc2ccc3ccccc3c2)cc1. The lowest BCUT2D eigenvalue weighted by Crippen LogP contribution is -2.24. The van der Waals surface area contributed by atoms with E-state index < -0.39 is 0 Å². The Labute approximate surface area is 159 Å².